The molecule has 0 saturated carbocycles. The summed E-state index contributed by atoms with van der Waals surface area (Å²) in [6, 6.07) is 0. The van der Waals surface area contributed by atoms with Gasteiger partial charge in [-0.2, -0.15) is 0 Å². The largest absolute Gasteiger partial charge is 0.344 e. The fourth-order valence-electron chi connectivity index (χ4n) is 2.56. The minimum atomic E-state index is 0.00982. The molecule has 2 heterocycles. The topological polar surface area (TPSA) is 45.2 Å². The summed E-state index contributed by atoms with van der Waals surface area (Å²) in [4.78, 5) is 18.7. The third-order valence-corrected chi connectivity index (χ3v) is 4.77. The summed E-state index contributed by atoms with van der Waals surface area (Å²) >= 11 is 1.75. The second kappa shape index (κ2) is 7.58. The molecule has 0 aliphatic carbocycles. The number of carbonyl (C=O) groups is 1. The fourth-order valence-corrected chi connectivity index (χ4v) is 3.67. The normalized spacial score (nSPS) is 19.4. The van der Waals surface area contributed by atoms with Crippen LogP contribution < -0.4 is 5.32 Å². The number of hydrogen-bond donors (Lipinski definition) is 1. The van der Waals surface area contributed by atoms with Crippen molar-refractivity contribution in [2.75, 3.05) is 26.2 Å². The van der Waals surface area contributed by atoms with E-state index in [1.54, 1.807) is 11.3 Å². The van der Waals surface area contributed by atoms with E-state index >= 15 is 0 Å². The van der Waals surface area contributed by atoms with Gasteiger partial charge < -0.3 is 5.32 Å². The maximum absolute atomic E-state index is 11.7. The highest BCUT2D eigenvalue weighted by molar-refractivity contribution is 7.09. The van der Waals surface area contributed by atoms with Crippen molar-refractivity contribution >= 4 is 17.2 Å². The van der Waals surface area contributed by atoms with Gasteiger partial charge in [0.2, 0.25) is 5.91 Å². The Morgan fingerprint density at radius 3 is 3.14 bits per heavy atom. The maximum Gasteiger partial charge on any atom is 0.234 e. The average molecular weight is 305 g/mol. The first-order valence-electron chi connectivity index (χ1n) is 7.48. The van der Waals surface area contributed by atoms with Gasteiger partial charge in [-0.15, -0.1) is 17.8 Å². The minimum absolute atomic E-state index is 0.00982. The van der Waals surface area contributed by atoms with Crippen LogP contribution in [0, 0.1) is 12.3 Å². The van der Waals surface area contributed by atoms with Gasteiger partial charge in [-0.1, -0.05) is 19.8 Å². The molecule has 1 aliphatic heterocycles. The van der Waals surface area contributed by atoms with Crippen LogP contribution in [0.2, 0.25) is 0 Å². The van der Waals surface area contributed by atoms with E-state index in [0.29, 0.717) is 24.9 Å². The van der Waals surface area contributed by atoms with Gasteiger partial charge in [0.25, 0.3) is 0 Å². The lowest BCUT2D eigenvalue weighted by Crippen LogP contribution is -2.42. The Kier molecular flexibility index (Phi) is 5.77. The lowest BCUT2D eigenvalue weighted by Gasteiger charge is -2.31. The van der Waals surface area contributed by atoms with Gasteiger partial charge in [0, 0.05) is 17.8 Å². The molecule has 1 aromatic rings. The van der Waals surface area contributed by atoms with Gasteiger partial charge >= 0.3 is 0 Å². The number of carbonyl (C=O) groups excluding carboxylic acids is 1. The summed E-state index contributed by atoms with van der Waals surface area (Å²) in [5.74, 6) is 3.37. The molecule has 1 saturated heterocycles. The molecule has 1 aromatic heterocycles. The van der Waals surface area contributed by atoms with Crippen molar-refractivity contribution in [2.45, 2.75) is 38.5 Å². The summed E-state index contributed by atoms with van der Waals surface area (Å²) < 4.78 is 0. The highest BCUT2D eigenvalue weighted by Gasteiger charge is 2.25. The van der Waals surface area contributed by atoms with Crippen molar-refractivity contribution in [2.24, 2.45) is 0 Å². The Morgan fingerprint density at radius 1 is 1.67 bits per heavy atom. The molecule has 1 fully saturated rings. The van der Waals surface area contributed by atoms with Crippen LogP contribution in [0.5, 0.6) is 0 Å². The molecular formula is C16H23N3OS. The molecule has 1 atom stereocenters. The molecule has 0 aromatic carbocycles. The predicted octanol–water partition coefficient (Wildman–Crippen LogP) is 2.20. The molecule has 2 rings (SSSR count). The van der Waals surface area contributed by atoms with E-state index in [2.05, 4.69) is 35.4 Å². The molecule has 5 heteroatoms. The van der Waals surface area contributed by atoms with E-state index in [0.717, 1.165) is 25.9 Å². The standard InChI is InChI=1S/C16H23N3OS/c1-4-7-17-15(20)10-19-8-5-6-13(9-19)16-18-14(11-21-16)12(2)3/h1,11-13H,5-10H2,2-3H3,(H,17,20)/t13-/m0/s1. The molecule has 0 unspecified atom stereocenters. The summed E-state index contributed by atoms with van der Waals surface area (Å²) in [6.07, 6.45) is 7.42. The number of amides is 1. The van der Waals surface area contributed by atoms with Crippen LogP contribution in [0.25, 0.3) is 0 Å². The zero-order valence-electron chi connectivity index (χ0n) is 12.8. The Bertz CT molecular complexity index is 518. The number of piperidine rings is 1. The van der Waals surface area contributed by atoms with Gasteiger partial charge in [-0.3, -0.25) is 9.69 Å². The van der Waals surface area contributed by atoms with E-state index in [9.17, 15) is 4.79 Å². The van der Waals surface area contributed by atoms with Crippen molar-refractivity contribution < 1.29 is 4.79 Å². The van der Waals surface area contributed by atoms with Crippen molar-refractivity contribution in [1.29, 1.82) is 0 Å². The third-order valence-electron chi connectivity index (χ3n) is 3.74. The molecule has 4 nitrogen and oxygen atoms in total. The number of hydrogen-bond acceptors (Lipinski definition) is 4. The van der Waals surface area contributed by atoms with Gasteiger partial charge in [0.1, 0.15) is 0 Å². The van der Waals surface area contributed by atoms with E-state index < -0.39 is 0 Å². The summed E-state index contributed by atoms with van der Waals surface area (Å²) in [7, 11) is 0. The maximum atomic E-state index is 11.7. The van der Waals surface area contributed by atoms with E-state index in [1.165, 1.54) is 10.7 Å². The van der Waals surface area contributed by atoms with Crippen LogP contribution >= 0.6 is 11.3 Å². The predicted molar refractivity (Wildman–Crippen MR) is 86.5 cm³/mol. The Hall–Kier alpha value is -1.38. The molecule has 0 radical (unpaired) electrons. The number of terminal acetylenes is 1. The highest BCUT2D eigenvalue weighted by atomic mass is 32.1. The van der Waals surface area contributed by atoms with Crippen LogP contribution in [-0.2, 0) is 4.79 Å². The SMILES string of the molecule is C#CCNC(=O)CN1CCC[C@H](c2nc(C(C)C)cs2)C1. The first kappa shape index (κ1) is 16.0. The van der Waals surface area contributed by atoms with Crippen molar-refractivity contribution in [3.63, 3.8) is 0 Å². The molecule has 21 heavy (non-hydrogen) atoms. The van der Waals surface area contributed by atoms with E-state index in [-0.39, 0.29) is 5.91 Å². The lowest BCUT2D eigenvalue weighted by atomic mass is 9.98. The number of rotatable bonds is 5. The smallest absolute Gasteiger partial charge is 0.234 e. The van der Waals surface area contributed by atoms with Crippen LogP contribution in [0.4, 0.5) is 0 Å². The quantitative estimate of drug-likeness (QED) is 0.848. The zero-order chi connectivity index (χ0) is 15.2. The van der Waals surface area contributed by atoms with Gasteiger partial charge in [0.15, 0.2) is 0 Å². The number of thiazole rings is 1. The highest BCUT2D eigenvalue weighted by Crippen LogP contribution is 2.30. The van der Waals surface area contributed by atoms with Crippen molar-refractivity contribution in [3.05, 3.63) is 16.1 Å². The minimum Gasteiger partial charge on any atom is -0.344 e. The van der Waals surface area contributed by atoms with Crippen molar-refractivity contribution in [1.82, 2.24) is 15.2 Å². The lowest BCUT2D eigenvalue weighted by molar-refractivity contribution is -0.122. The van der Waals surface area contributed by atoms with E-state index in [1.807, 2.05) is 0 Å². The summed E-state index contributed by atoms with van der Waals surface area (Å²) in [5, 5.41) is 6.10. The Balaban J connectivity index is 1.91. The number of aromatic nitrogens is 1. The fraction of sp³-hybridized carbons (Fsp3) is 0.625. The van der Waals surface area contributed by atoms with Crippen LogP contribution in [-0.4, -0.2) is 42.0 Å². The molecule has 0 bridgehead atoms. The average Bonchev–Trinajstić information content (AvgIpc) is 2.95. The molecule has 1 aliphatic rings. The zero-order valence-corrected chi connectivity index (χ0v) is 13.6. The second-order valence-electron chi connectivity index (χ2n) is 5.82. The molecule has 0 spiro atoms. The Morgan fingerprint density at radius 2 is 2.48 bits per heavy atom. The van der Waals surface area contributed by atoms with Gasteiger partial charge in [-0.25, -0.2) is 4.98 Å². The molecule has 114 valence electrons. The second-order valence-corrected chi connectivity index (χ2v) is 6.71. The Labute approximate surface area is 131 Å². The van der Waals surface area contributed by atoms with Gasteiger partial charge in [-0.05, 0) is 25.3 Å². The van der Waals surface area contributed by atoms with E-state index in [4.69, 9.17) is 11.4 Å². The van der Waals surface area contributed by atoms with Crippen LogP contribution in [0.15, 0.2) is 5.38 Å². The summed E-state index contributed by atoms with van der Waals surface area (Å²) in [5.41, 5.74) is 1.18. The molecular weight excluding hydrogens is 282 g/mol. The molecule has 1 amide bonds. The number of nitrogens with zero attached hydrogens (tertiary/aromatic N) is 2. The number of likely N-dealkylation sites (tertiary alicyclic amines) is 1. The first-order valence-corrected chi connectivity index (χ1v) is 8.36. The number of nitrogens with one attached hydrogen (secondary N) is 1. The van der Waals surface area contributed by atoms with Crippen LogP contribution in [0.1, 0.15) is 49.2 Å². The monoisotopic (exact) mass is 305 g/mol. The molecule has 1 N–H and O–H groups in total. The first-order chi connectivity index (χ1) is 10.1. The third kappa shape index (κ3) is 4.55. The van der Waals surface area contributed by atoms with Crippen LogP contribution in [0.3, 0.4) is 0 Å². The van der Waals surface area contributed by atoms with Gasteiger partial charge in [0.05, 0.1) is 23.8 Å². The van der Waals surface area contributed by atoms with Crippen molar-refractivity contribution in [3.8, 4) is 12.3 Å². The summed E-state index contributed by atoms with van der Waals surface area (Å²) in [6.45, 7) is 6.96.